The van der Waals surface area contributed by atoms with Crippen LogP contribution in [0.5, 0.6) is 0 Å². The number of hydrogen-bond donors (Lipinski definition) is 1. The van der Waals surface area contributed by atoms with Crippen molar-refractivity contribution in [1.29, 1.82) is 0 Å². The van der Waals surface area contributed by atoms with E-state index in [0.29, 0.717) is 6.42 Å². The monoisotopic (exact) mass is 392 g/mol. The molecule has 0 radical (unpaired) electrons. The molecule has 0 spiro atoms. The van der Waals surface area contributed by atoms with Gasteiger partial charge < -0.3 is 15.0 Å². The fourth-order valence-corrected chi connectivity index (χ4v) is 3.27. The highest BCUT2D eigenvalue weighted by atomic mass is 16.5. The molecule has 1 N–H and O–H groups in total. The van der Waals surface area contributed by atoms with Gasteiger partial charge in [-0.2, -0.15) is 0 Å². The molecule has 1 atom stereocenters. The summed E-state index contributed by atoms with van der Waals surface area (Å²) in [4.78, 5) is 37.7. The first-order valence-corrected chi connectivity index (χ1v) is 9.57. The molecule has 0 bridgehead atoms. The van der Waals surface area contributed by atoms with E-state index in [4.69, 9.17) is 4.74 Å². The van der Waals surface area contributed by atoms with E-state index in [1.807, 2.05) is 54.6 Å². The Hall–Kier alpha value is -3.41. The van der Waals surface area contributed by atoms with Crippen LogP contribution in [0.1, 0.15) is 36.4 Å². The zero-order chi connectivity index (χ0) is 20.6. The molecule has 29 heavy (non-hydrogen) atoms. The summed E-state index contributed by atoms with van der Waals surface area (Å²) in [7, 11) is 1.32. The van der Waals surface area contributed by atoms with Crippen molar-refractivity contribution in [3.63, 3.8) is 0 Å². The molecule has 6 heteroatoms. The minimum atomic E-state index is -0.468. The molecule has 1 saturated heterocycles. The number of amides is 2. The van der Waals surface area contributed by atoms with Crippen LogP contribution in [-0.2, 0) is 19.1 Å². The number of hydrogen-bond acceptors (Lipinski definition) is 4. The van der Waals surface area contributed by atoms with E-state index in [1.54, 1.807) is 11.0 Å². The molecule has 0 aromatic heterocycles. The Kier molecular flexibility index (Phi) is 6.79. The molecule has 6 nitrogen and oxygen atoms in total. The van der Waals surface area contributed by atoms with Gasteiger partial charge in [0.2, 0.25) is 11.8 Å². The van der Waals surface area contributed by atoms with Gasteiger partial charge in [-0.3, -0.25) is 14.4 Å². The summed E-state index contributed by atoms with van der Waals surface area (Å²) >= 11 is 0. The topological polar surface area (TPSA) is 75.7 Å². The van der Waals surface area contributed by atoms with Gasteiger partial charge >= 0.3 is 5.97 Å². The maximum Gasteiger partial charge on any atom is 0.307 e. The highest BCUT2D eigenvalue weighted by Gasteiger charge is 2.21. The summed E-state index contributed by atoms with van der Waals surface area (Å²) in [5.41, 5.74) is 2.55. The molecule has 2 aromatic carbocycles. The van der Waals surface area contributed by atoms with E-state index >= 15 is 0 Å². The predicted molar refractivity (Wildman–Crippen MR) is 111 cm³/mol. The summed E-state index contributed by atoms with van der Waals surface area (Å²) in [6, 6.07) is 16.3. The zero-order valence-corrected chi connectivity index (χ0v) is 16.3. The third kappa shape index (κ3) is 5.54. The van der Waals surface area contributed by atoms with Crippen molar-refractivity contribution >= 4 is 29.5 Å². The van der Waals surface area contributed by atoms with Gasteiger partial charge in [-0.25, -0.2) is 0 Å². The fourth-order valence-electron chi connectivity index (χ4n) is 3.27. The van der Waals surface area contributed by atoms with Gasteiger partial charge in [0.1, 0.15) is 0 Å². The number of ether oxygens (including phenoxy) is 1. The van der Waals surface area contributed by atoms with Crippen LogP contribution in [0.2, 0.25) is 0 Å². The highest BCUT2D eigenvalue weighted by molar-refractivity contribution is 5.95. The summed E-state index contributed by atoms with van der Waals surface area (Å²) < 4.78 is 4.74. The van der Waals surface area contributed by atoms with E-state index in [-0.39, 0.29) is 18.2 Å². The second-order valence-electron chi connectivity index (χ2n) is 6.83. The average Bonchev–Trinajstić information content (AvgIpc) is 3.18. The van der Waals surface area contributed by atoms with E-state index in [0.717, 1.165) is 29.8 Å². The smallest absolute Gasteiger partial charge is 0.307 e. The number of nitrogens with zero attached hydrogens (tertiary/aromatic N) is 1. The van der Waals surface area contributed by atoms with E-state index < -0.39 is 12.0 Å². The fraction of sp³-hybridized carbons (Fsp3) is 0.261. The Labute approximate surface area is 170 Å². The minimum Gasteiger partial charge on any atom is -0.469 e. The average molecular weight is 392 g/mol. The molecule has 3 rings (SSSR count). The number of esters is 1. The summed E-state index contributed by atoms with van der Waals surface area (Å²) in [6.07, 6.45) is 4.66. The molecule has 0 saturated carbocycles. The molecule has 1 unspecified atom stereocenters. The lowest BCUT2D eigenvalue weighted by molar-refractivity contribution is -0.141. The molecular weight excluding hydrogens is 368 g/mol. The number of nitrogens with one attached hydrogen (secondary N) is 1. The molecule has 1 aliphatic heterocycles. The Bertz CT molecular complexity index is 891. The number of carbonyl (C=O) groups is 3. The van der Waals surface area contributed by atoms with Gasteiger partial charge in [-0.05, 0) is 35.8 Å². The van der Waals surface area contributed by atoms with Crippen LogP contribution in [0, 0.1) is 0 Å². The molecular formula is C23H24N2O4. The van der Waals surface area contributed by atoms with E-state index in [2.05, 4.69) is 5.32 Å². The summed E-state index contributed by atoms with van der Waals surface area (Å²) in [5.74, 6) is -0.554. The maximum atomic E-state index is 12.4. The third-order valence-corrected chi connectivity index (χ3v) is 4.82. The lowest BCUT2D eigenvalue weighted by Crippen LogP contribution is -2.29. The van der Waals surface area contributed by atoms with Crippen molar-refractivity contribution < 1.29 is 19.1 Å². The molecule has 1 aliphatic rings. The van der Waals surface area contributed by atoms with Crippen molar-refractivity contribution in [2.45, 2.75) is 25.3 Å². The number of methoxy groups -OCH3 is 1. The second-order valence-corrected chi connectivity index (χ2v) is 6.83. The first-order chi connectivity index (χ1) is 14.1. The first-order valence-electron chi connectivity index (χ1n) is 9.57. The maximum absolute atomic E-state index is 12.4. The van der Waals surface area contributed by atoms with Crippen molar-refractivity contribution in [3.05, 3.63) is 71.8 Å². The number of carbonyl (C=O) groups excluding carboxylic acids is 3. The predicted octanol–water partition coefficient (Wildman–Crippen LogP) is 3.25. The first kappa shape index (κ1) is 20.3. The Balaban J connectivity index is 1.64. The molecule has 2 aromatic rings. The Morgan fingerprint density at radius 2 is 1.86 bits per heavy atom. The van der Waals surface area contributed by atoms with Gasteiger partial charge in [0.05, 0.1) is 19.6 Å². The SMILES string of the molecule is COC(=O)CC(NC(=O)/C=C/c1ccc(N2CCCC2=O)cc1)c1ccccc1. The van der Waals surface area contributed by atoms with E-state index in [1.165, 1.54) is 13.2 Å². The number of rotatable bonds is 7. The lowest BCUT2D eigenvalue weighted by Gasteiger charge is -2.17. The third-order valence-electron chi connectivity index (χ3n) is 4.82. The second kappa shape index (κ2) is 9.68. The van der Waals surface area contributed by atoms with Crippen molar-refractivity contribution in [2.24, 2.45) is 0 Å². The summed E-state index contributed by atoms with van der Waals surface area (Å²) in [6.45, 7) is 0.748. The largest absolute Gasteiger partial charge is 0.469 e. The van der Waals surface area contributed by atoms with Gasteiger partial charge in [-0.1, -0.05) is 42.5 Å². The highest BCUT2D eigenvalue weighted by Crippen LogP contribution is 2.22. The summed E-state index contributed by atoms with van der Waals surface area (Å²) in [5, 5.41) is 2.85. The number of anilines is 1. The Morgan fingerprint density at radius 3 is 2.48 bits per heavy atom. The van der Waals surface area contributed by atoms with Crippen LogP contribution >= 0.6 is 0 Å². The van der Waals surface area contributed by atoms with Crippen LogP contribution in [0.15, 0.2) is 60.7 Å². The molecule has 1 heterocycles. The quantitative estimate of drug-likeness (QED) is 0.580. The zero-order valence-electron chi connectivity index (χ0n) is 16.3. The molecule has 0 aliphatic carbocycles. The van der Waals surface area contributed by atoms with Crippen LogP contribution in [0.4, 0.5) is 5.69 Å². The van der Waals surface area contributed by atoms with Crippen molar-refractivity contribution in [3.8, 4) is 0 Å². The molecule has 150 valence electrons. The molecule has 1 fully saturated rings. The lowest BCUT2D eigenvalue weighted by atomic mass is 10.0. The van der Waals surface area contributed by atoms with Crippen LogP contribution in [-0.4, -0.2) is 31.4 Å². The van der Waals surface area contributed by atoms with Crippen LogP contribution < -0.4 is 10.2 Å². The van der Waals surface area contributed by atoms with Crippen LogP contribution in [0.25, 0.3) is 6.08 Å². The standard InChI is InChI=1S/C23H24N2O4/c1-29-23(28)16-20(18-6-3-2-4-7-18)24-21(26)14-11-17-9-12-19(13-10-17)25-15-5-8-22(25)27/h2-4,6-7,9-14,20H,5,8,15-16H2,1H3,(H,24,26)/b14-11+. The van der Waals surface area contributed by atoms with E-state index in [9.17, 15) is 14.4 Å². The number of benzene rings is 2. The minimum absolute atomic E-state index is 0.0542. The van der Waals surface area contributed by atoms with Crippen LogP contribution in [0.3, 0.4) is 0 Å². The van der Waals surface area contributed by atoms with Gasteiger partial charge in [0, 0.05) is 24.7 Å². The van der Waals surface area contributed by atoms with Crippen molar-refractivity contribution in [2.75, 3.05) is 18.6 Å². The molecule has 2 amide bonds. The normalized spacial score (nSPS) is 14.8. The van der Waals surface area contributed by atoms with Gasteiger partial charge in [0.25, 0.3) is 0 Å². The van der Waals surface area contributed by atoms with Gasteiger partial charge in [-0.15, -0.1) is 0 Å². The van der Waals surface area contributed by atoms with Crippen molar-refractivity contribution in [1.82, 2.24) is 5.32 Å². The van der Waals surface area contributed by atoms with Gasteiger partial charge in [0.15, 0.2) is 0 Å². The Morgan fingerprint density at radius 1 is 1.14 bits per heavy atom.